The fourth-order valence-electron chi connectivity index (χ4n) is 7.86. The molecule has 8 nitrogen and oxygen atoms in total. The van der Waals surface area contributed by atoms with Crippen LogP contribution in [0.4, 0.5) is 4.39 Å². The molecule has 0 unspecified atom stereocenters. The Morgan fingerprint density at radius 2 is 0.862 bits per heavy atom. The first-order valence-electron chi connectivity index (χ1n) is 18.9. The summed E-state index contributed by atoms with van der Waals surface area (Å²) >= 11 is 0. The number of aromatic nitrogens is 6. The lowest BCUT2D eigenvalue weighted by Gasteiger charge is -2.09. The van der Waals surface area contributed by atoms with Crippen molar-refractivity contribution in [3.05, 3.63) is 201 Å². The molecule has 0 aliphatic carbocycles. The summed E-state index contributed by atoms with van der Waals surface area (Å²) in [6.45, 7) is 0.0450. The van der Waals surface area contributed by atoms with Crippen molar-refractivity contribution in [1.29, 1.82) is 0 Å². The Kier molecular flexibility index (Phi) is 8.53. The van der Waals surface area contributed by atoms with E-state index in [0.717, 1.165) is 106 Å². The van der Waals surface area contributed by atoms with Crippen molar-refractivity contribution in [3.8, 4) is 44.5 Å². The minimum atomic E-state index is -1.05. The summed E-state index contributed by atoms with van der Waals surface area (Å²) in [4.78, 5) is 44.7. The number of hydrogen-bond acceptors (Lipinski definition) is 4. The second kappa shape index (κ2) is 14.3. The maximum atomic E-state index is 14.3. The van der Waals surface area contributed by atoms with Crippen LogP contribution < -0.4 is 11.2 Å². The Labute approximate surface area is 331 Å². The van der Waals surface area contributed by atoms with Crippen LogP contribution in [-0.2, 0) is 6.54 Å². The number of halogens is 1. The molecule has 0 amide bonds. The Morgan fingerprint density at radius 3 is 1.29 bits per heavy atom. The average molecular weight is 757 g/mol. The van der Waals surface area contributed by atoms with Crippen LogP contribution in [0.15, 0.2) is 155 Å². The summed E-state index contributed by atoms with van der Waals surface area (Å²) in [7, 11) is 0. The average Bonchev–Trinajstić information content (AvgIpc) is 4.10. The normalized spacial score (nSPS) is 11.9. The number of benzene rings is 4. The number of hydrogen-bond donors (Lipinski definition) is 3. The van der Waals surface area contributed by atoms with Crippen LogP contribution in [0.1, 0.15) is 28.3 Å². The highest BCUT2D eigenvalue weighted by Gasteiger charge is 2.19. The molecule has 8 bridgehead atoms. The third-order valence-corrected chi connectivity index (χ3v) is 10.5. The summed E-state index contributed by atoms with van der Waals surface area (Å²) in [5.41, 5.74) is 13.2. The van der Waals surface area contributed by atoms with E-state index in [4.69, 9.17) is 9.97 Å². The maximum Gasteiger partial charge on any atom is 0.328 e. The van der Waals surface area contributed by atoms with Crippen LogP contribution >= 0.6 is 0 Å². The van der Waals surface area contributed by atoms with E-state index in [1.807, 2.05) is 91.0 Å². The van der Waals surface area contributed by atoms with Gasteiger partial charge in [-0.2, -0.15) is 4.39 Å². The first kappa shape index (κ1) is 34.6. The molecule has 58 heavy (non-hydrogen) atoms. The minimum Gasteiger partial charge on any atom is -0.354 e. The third-order valence-electron chi connectivity index (χ3n) is 10.5. The predicted octanol–water partition coefficient (Wildman–Crippen LogP) is 10.4. The van der Waals surface area contributed by atoms with E-state index in [1.54, 1.807) is 0 Å². The van der Waals surface area contributed by atoms with Gasteiger partial charge in [-0.3, -0.25) is 14.3 Å². The van der Waals surface area contributed by atoms with Crippen molar-refractivity contribution in [2.75, 3.05) is 0 Å². The standard InChI is InChI=1S/C49H33FN6O2/c50-35-29-56(49(58)55-48(35)57)28-30-11-10-18-34(27-30)47-42-25-23-40(53-42)45(32-14-6-2-7-15-32)38-21-19-36(51-38)44(31-12-4-1-5-13-31)37-20-22-39(52-37)46(33-16-8-3-9-17-33)41-24-26-43(47)54-41/h1-27,29,51,54H,28H2,(H,55,57,58). The van der Waals surface area contributed by atoms with Gasteiger partial charge in [0.15, 0.2) is 0 Å². The van der Waals surface area contributed by atoms with Crippen molar-refractivity contribution in [2.45, 2.75) is 6.54 Å². The van der Waals surface area contributed by atoms with Gasteiger partial charge in [0.25, 0.3) is 5.56 Å². The van der Waals surface area contributed by atoms with Gasteiger partial charge < -0.3 is 9.97 Å². The number of fused-ring (bicyclic) bond motifs is 8. The second-order valence-electron chi connectivity index (χ2n) is 14.2. The summed E-state index contributed by atoms with van der Waals surface area (Å²) in [6.07, 6.45) is 9.16. The highest BCUT2D eigenvalue weighted by Crippen LogP contribution is 2.38. The molecular weight excluding hydrogens is 724 g/mol. The molecule has 3 N–H and O–H groups in total. The Bertz CT molecular complexity index is 3210. The van der Waals surface area contributed by atoms with Crippen LogP contribution in [0.3, 0.4) is 0 Å². The lowest BCUT2D eigenvalue weighted by molar-refractivity contribution is 0.566. The van der Waals surface area contributed by atoms with Crippen molar-refractivity contribution in [3.63, 3.8) is 0 Å². The smallest absolute Gasteiger partial charge is 0.328 e. The zero-order valence-electron chi connectivity index (χ0n) is 30.9. The Balaban J connectivity index is 1.31. The topological polar surface area (TPSA) is 112 Å². The second-order valence-corrected chi connectivity index (χ2v) is 14.2. The summed E-state index contributed by atoms with van der Waals surface area (Å²) in [6, 6.07) is 46.8. The molecule has 8 aromatic rings. The summed E-state index contributed by atoms with van der Waals surface area (Å²) in [5.74, 6) is -1.03. The number of rotatable bonds is 6. The van der Waals surface area contributed by atoms with Crippen LogP contribution in [0, 0.1) is 5.82 Å². The predicted molar refractivity (Wildman–Crippen MR) is 231 cm³/mol. The monoisotopic (exact) mass is 756 g/mol. The molecule has 2 aliphatic heterocycles. The molecule has 0 radical (unpaired) electrons. The van der Waals surface area contributed by atoms with E-state index < -0.39 is 17.1 Å². The molecule has 10 rings (SSSR count). The van der Waals surface area contributed by atoms with E-state index in [-0.39, 0.29) is 6.54 Å². The van der Waals surface area contributed by atoms with Gasteiger partial charge in [0.05, 0.1) is 35.5 Å². The number of H-pyrrole nitrogens is 3. The number of nitrogens with zero attached hydrogens (tertiary/aromatic N) is 3. The molecule has 0 saturated heterocycles. The maximum absolute atomic E-state index is 14.3. The van der Waals surface area contributed by atoms with Crippen molar-refractivity contribution in [1.82, 2.24) is 29.5 Å². The molecule has 4 aromatic heterocycles. The molecule has 6 heterocycles. The summed E-state index contributed by atoms with van der Waals surface area (Å²) < 4.78 is 15.4. The molecule has 0 saturated carbocycles. The quantitative estimate of drug-likeness (QED) is 0.157. The lowest BCUT2D eigenvalue weighted by atomic mass is 10.0. The van der Waals surface area contributed by atoms with Gasteiger partial charge in [0.2, 0.25) is 5.82 Å². The van der Waals surface area contributed by atoms with Crippen molar-refractivity contribution < 1.29 is 4.39 Å². The van der Waals surface area contributed by atoms with E-state index >= 15 is 0 Å². The molecular formula is C49H33FN6O2. The van der Waals surface area contributed by atoms with E-state index in [2.05, 4.69) is 87.8 Å². The molecule has 278 valence electrons. The van der Waals surface area contributed by atoms with Crippen LogP contribution in [0.25, 0.3) is 90.9 Å². The van der Waals surface area contributed by atoms with Crippen molar-refractivity contribution in [2.24, 2.45) is 0 Å². The summed E-state index contributed by atoms with van der Waals surface area (Å²) in [5, 5.41) is 0. The fraction of sp³-hybridized carbons (Fsp3) is 0.0204. The molecule has 0 spiro atoms. The Morgan fingerprint density at radius 1 is 0.466 bits per heavy atom. The Hall–Kier alpha value is -7.91. The molecule has 9 heteroatoms. The van der Waals surface area contributed by atoms with Gasteiger partial charge in [0.1, 0.15) is 0 Å². The first-order valence-corrected chi connectivity index (χ1v) is 18.9. The molecule has 0 fully saturated rings. The van der Waals surface area contributed by atoms with Crippen molar-refractivity contribution >= 4 is 46.4 Å². The van der Waals surface area contributed by atoms with Gasteiger partial charge in [-0.15, -0.1) is 0 Å². The fourth-order valence-corrected chi connectivity index (χ4v) is 7.86. The largest absolute Gasteiger partial charge is 0.354 e. The lowest BCUT2D eigenvalue weighted by Crippen LogP contribution is -2.31. The first-order chi connectivity index (χ1) is 28.5. The van der Waals surface area contributed by atoms with Crippen LogP contribution in [-0.4, -0.2) is 29.5 Å². The van der Waals surface area contributed by atoms with Gasteiger partial charge in [0, 0.05) is 44.3 Å². The number of nitrogens with one attached hydrogen (secondary N) is 3. The van der Waals surface area contributed by atoms with E-state index in [9.17, 15) is 14.0 Å². The molecule has 4 aromatic carbocycles. The highest BCUT2D eigenvalue weighted by molar-refractivity contribution is 5.99. The number of aromatic amines is 3. The van der Waals surface area contributed by atoms with Crippen LogP contribution in [0.2, 0.25) is 0 Å². The van der Waals surface area contributed by atoms with E-state index in [1.165, 1.54) is 0 Å². The zero-order chi connectivity index (χ0) is 39.2. The van der Waals surface area contributed by atoms with Gasteiger partial charge in [-0.1, -0.05) is 109 Å². The highest BCUT2D eigenvalue weighted by atomic mass is 19.1. The van der Waals surface area contributed by atoms with E-state index in [0.29, 0.717) is 0 Å². The zero-order valence-corrected chi connectivity index (χ0v) is 30.9. The SMILES string of the molecule is O=c1[nH]c(=O)n(Cc2cccc(-c3c4nc(c(-c5ccccc5)c5ccc([nH]5)c(-c5ccccc5)c5nc(c(-c6ccccc6)c6ccc3[nH]6)C=C5)C=C4)c2)cc1F. The van der Waals surface area contributed by atoms with Crippen LogP contribution in [0.5, 0.6) is 0 Å². The molecule has 0 atom stereocenters. The minimum absolute atomic E-state index is 0.0450. The van der Waals surface area contributed by atoms with Gasteiger partial charge in [-0.25, -0.2) is 14.8 Å². The third kappa shape index (κ3) is 6.30. The molecule has 2 aliphatic rings. The van der Waals surface area contributed by atoms with Gasteiger partial charge in [-0.05, 0) is 82.5 Å². The van der Waals surface area contributed by atoms with Gasteiger partial charge >= 0.3 is 5.69 Å².